The van der Waals surface area contributed by atoms with Gasteiger partial charge < -0.3 is 5.32 Å². The van der Waals surface area contributed by atoms with E-state index in [1.807, 2.05) is 24.5 Å². The minimum absolute atomic E-state index is 0.00471. The predicted octanol–water partition coefficient (Wildman–Crippen LogP) is 1.13. The van der Waals surface area contributed by atoms with Crippen molar-refractivity contribution in [3.8, 4) is 0 Å². The lowest BCUT2D eigenvalue weighted by atomic mass is 10.0. The zero-order valence-corrected chi connectivity index (χ0v) is 12.5. The van der Waals surface area contributed by atoms with Gasteiger partial charge in [-0.2, -0.15) is 0 Å². The van der Waals surface area contributed by atoms with Gasteiger partial charge in [-0.25, -0.2) is 4.79 Å². The number of likely N-dealkylation sites (tertiary alicyclic amines) is 1. The number of hydrogen-bond acceptors (Lipinski definition) is 4. The van der Waals surface area contributed by atoms with Crippen molar-refractivity contribution in [1.29, 1.82) is 0 Å². The molecule has 0 bridgehead atoms. The molecule has 3 fully saturated rings. The molecule has 2 saturated heterocycles. The lowest BCUT2D eigenvalue weighted by molar-refractivity contribution is -0.130. The Labute approximate surface area is 129 Å². The van der Waals surface area contributed by atoms with Gasteiger partial charge in [-0.1, -0.05) is 0 Å². The summed E-state index contributed by atoms with van der Waals surface area (Å²) in [6.07, 6.45) is 6.94. The number of imide groups is 1. The average Bonchev–Trinajstić information content (AvgIpc) is 3.26. The molecular formula is C16H20N4O2. The lowest BCUT2D eigenvalue weighted by Gasteiger charge is -2.35. The Kier molecular flexibility index (Phi) is 3.14. The highest BCUT2D eigenvalue weighted by Gasteiger charge is 2.60. The van der Waals surface area contributed by atoms with Crippen molar-refractivity contribution in [2.45, 2.75) is 43.8 Å². The number of hydrogen-bond donors (Lipinski definition) is 1. The highest BCUT2D eigenvalue weighted by atomic mass is 16.2. The van der Waals surface area contributed by atoms with Crippen LogP contribution in [-0.2, 0) is 11.3 Å². The maximum atomic E-state index is 12.4. The van der Waals surface area contributed by atoms with Gasteiger partial charge >= 0.3 is 6.03 Å². The van der Waals surface area contributed by atoms with Crippen LogP contribution in [0.3, 0.4) is 0 Å². The molecule has 0 aromatic carbocycles. The third-order valence-corrected chi connectivity index (χ3v) is 5.02. The zero-order valence-electron chi connectivity index (χ0n) is 12.5. The number of amides is 3. The molecule has 6 nitrogen and oxygen atoms in total. The molecule has 1 aliphatic carbocycles. The fraction of sp³-hybridized carbons (Fsp3) is 0.562. The lowest BCUT2D eigenvalue weighted by Crippen LogP contribution is -2.47. The minimum atomic E-state index is -0.523. The fourth-order valence-corrected chi connectivity index (χ4v) is 3.52. The maximum Gasteiger partial charge on any atom is 0.325 e. The Morgan fingerprint density at radius 1 is 1.18 bits per heavy atom. The van der Waals surface area contributed by atoms with Crippen LogP contribution in [0.2, 0.25) is 0 Å². The molecule has 2 aliphatic heterocycles. The molecule has 3 amide bonds. The number of aromatic nitrogens is 1. The number of nitrogens with zero attached hydrogens (tertiary/aromatic N) is 3. The second-order valence-corrected chi connectivity index (χ2v) is 6.55. The van der Waals surface area contributed by atoms with E-state index in [4.69, 9.17) is 0 Å². The first-order valence-electron chi connectivity index (χ1n) is 7.95. The van der Waals surface area contributed by atoms with E-state index in [-0.39, 0.29) is 18.0 Å². The SMILES string of the molecule is O=C1NC2(CC2)C(=O)N1C1CCN(Cc2ccncc2)CC1. The molecule has 1 aromatic rings. The number of carbonyl (C=O) groups excluding carboxylic acids is 2. The van der Waals surface area contributed by atoms with Crippen LogP contribution >= 0.6 is 0 Å². The van der Waals surface area contributed by atoms with E-state index in [0.717, 1.165) is 45.3 Å². The van der Waals surface area contributed by atoms with Crippen molar-refractivity contribution in [2.75, 3.05) is 13.1 Å². The van der Waals surface area contributed by atoms with Crippen LogP contribution in [0.5, 0.6) is 0 Å². The molecule has 4 rings (SSSR count). The number of carbonyl (C=O) groups is 2. The van der Waals surface area contributed by atoms with Crippen molar-refractivity contribution in [1.82, 2.24) is 20.1 Å². The minimum Gasteiger partial charge on any atom is -0.323 e. The summed E-state index contributed by atoms with van der Waals surface area (Å²) >= 11 is 0. The monoisotopic (exact) mass is 300 g/mol. The molecule has 1 N–H and O–H groups in total. The second kappa shape index (κ2) is 5.05. The average molecular weight is 300 g/mol. The van der Waals surface area contributed by atoms with Gasteiger partial charge in [0.05, 0.1) is 0 Å². The number of rotatable bonds is 3. The van der Waals surface area contributed by atoms with E-state index in [0.29, 0.717) is 0 Å². The van der Waals surface area contributed by atoms with E-state index in [1.165, 1.54) is 10.5 Å². The molecule has 3 aliphatic rings. The largest absolute Gasteiger partial charge is 0.325 e. The molecule has 22 heavy (non-hydrogen) atoms. The molecule has 0 atom stereocenters. The summed E-state index contributed by atoms with van der Waals surface area (Å²) in [6.45, 7) is 2.73. The molecule has 3 heterocycles. The Morgan fingerprint density at radius 3 is 2.45 bits per heavy atom. The normalized spacial score (nSPS) is 24.8. The summed E-state index contributed by atoms with van der Waals surface area (Å²) in [7, 11) is 0. The van der Waals surface area contributed by atoms with Gasteiger partial charge in [0.25, 0.3) is 5.91 Å². The number of urea groups is 1. The van der Waals surface area contributed by atoms with Crippen molar-refractivity contribution in [3.63, 3.8) is 0 Å². The fourth-order valence-electron chi connectivity index (χ4n) is 3.52. The molecule has 1 spiro atoms. The van der Waals surface area contributed by atoms with Gasteiger partial charge in [0.15, 0.2) is 0 Å². The zero-order chi connectivity index (χ0) is 15.2. The number of piperidine rings is 1. The third kappa shape index (κ3) is 2.27. The summed E-state index contributed by atoms with van der Waals surface area (Å²) in [5.41, 5.74) is 0.728. The number of pyridine rings is 1. The maximum absolute atomic E-state index is 12.4. The molecule has 6 heteroatoms. The van der Waals surface area contributed by atoms with Crippen molar-refractivity contribution in [2.24, 2.45) is 0 Å². The molecular weight excluding hydrogens is 280 g/mol. The van der Waals surface area contributed by atoms with Crippen molar-refractivity contribution < 1.29 is 9.59 Å². The Balaban J connectivity index is 1.36. The van der Waals surface area contributed by atoms with Gasteiger partial charge in [-0.3, -0.25) is 19.6 Å². The summed E-state index contributed by atoms with van der Waals surface area (Å²) in [5, 5.41) is 2.87. The van der Waals surface area contributed by atoms with Gasteiger partial charge in [-0.05, 0) is 43.4 Å². The molecule has 1 aromatic heterocycles. The summed E-state index contributed by atoms with van der Waals surface area (Å²) < 4.78 is 0. The van der Waals surface area contributed by atoms with Gasteiger partial charge in [0, 0.05) is 38.1 Å². The standard InChI is InChI=1S/C16H20N4O2/c21-14-16(5-6-16)18-15(22)20(14)13-3-9-19(10-4-13)11-12-1-7-17-8-2-12/h1-2,7-8,13H,3-6,9-11H2,(H,18,22). The molecule has 1 saturated carbocycles. The van der Waals surface area contributed by atoms with Crippen LogP contribution in [0, 0.1) is 0 Å². The van der Waals surface area contributed by atoms with Crippen molar-refractivity contribution >= 4 is 11.9 Å². The molecule has 116 valence electrons. The summed E-state index contributed by atoms with van der Waals surface area (Å²) in [6, 6.07) is 3.93. The van der Waals surface area contributed by atoms with Crippen LogP contribution in [0.15, 0.2) is 24.5 Å². The van der Waals surface area contributed by atoms with E-state index in [2.05, 4.69) is 15.2 Å². The first kappa shape index (κ1) is 13.7. The Bertz CT molecular complexity index is 591. The predicted molar refractivity (Wildman–Crippen MR) is 79.9 cm³/mol. The topological polar surface area (TPSA) is 65.5 Å². The van der Waals surface area contributed by atoms with Crippen LogP contribution in [0.4, 0.5) is 4.79 Å². The van der Waals surface area contributed by atoms with Crippen LogP contribution in [0.25, 0.3) is 0 Å². The van der Waals surface area contributed by atoms with Gasteiger partial charge in [-0.15, -0.1) is 0 Å². The summed E-state index contributed by atoms with van der Waals surface area (Å²) in [4.78, 5) is 32.4. The van der Waals surface area contributed by atoms with Crippen LogP contribution in [0.1, 0.15) is 31.2 Å². The van der Waals surface area contributed by atoms with Crippen LogP contribution < -0.4 is 5.32 Å². The van der Waals surface area contributed by atoms with E-state index in [1.54, 1.807) is 0 Å². The molecule has 0 unspecified atom stereocenters. The second-order valence-electron chi connectivity index (χ2n) is 6.55. The highest BCUT2D eigenvalue weighted by molar-refractivity contribution is 6.09. The smallest absolute Gasteiger partial charge is 0.323 e. The summed E-state index contributed by atoms with van der Waals surface area (Å²) in [5.74, 6) is 0.00471. The molecule has 0 radical (unpaired) electrons. The quantitative estimate of drug-likeness (QED) is 0.850. The highest BCUT2D eigenvalue weighted by Crippen LogP contribution is 2.42. The van der Waals surface area contributed by atoms with Crippen molar-refractivity contribution in [3.05, 3.63) is 30.1 Å². The number of nitrogens with one attached hydrogen (secondary N) is 1. The first-order chi connectivity index (χ1) is 10.7. The van der Waals surface area contributed by atoms with E-state index in [9.17, 15) is 9.59 Å². The van der Waals surface area contributed by atoms with Gasteiger partial charge in [0.2, 0.25) is 0 Å². The van der Waals surface area contributed by atoms with Gasteiger partial charge in [0.1, 0.15) is 5.54 Å². The first-order valence-corrected chi connectivity index (χ1v) is 7.95. The van der Waals surface area contributed by atoms with Crippen LogP contribution in [-0.4, -0.2) is 51.4 Å². The Hall–Kier alpha value is -1.95. The Morgan fingerprint density at radius 2 is 1.86 bits per heavy atom. The third-order valence-electron chi connectivity index (χ3n) is 5.02. The van der Waals surface area contributed by atoms with E-state index >= 15 is 0 Å². The van der Waals surface area contributed by atoms with E-state index < -0.39 is 5.54 Å².